The van der Waals surface area contributed by atoms with Crippen LogP contribution in [0, 0.1) is 0 Å². The second-order valence-electron chi connectivity index (χ2n) is 1.90. The highest BCUT2D eigenvalue weighted by molar-refractivity contribution is 4.41. The minimum absolute atomic E-state index is 0.107. The molecule has 0 fully saturated rings. The van der Waals surface area contributed by atoms with Crippen LogP contribution in [0.4, 0.5) is 0 Å². The number of hydrogen-bond donors (Lipinski definition) is 0. The minimum Gasteiger partial charge on any atom is -0.384 e. The van der Waals surface area contributed by atoms with E-state index in [0.717, 1.165) is 6.42 Å². The molecule has 0 saturated heterocycles. The molecule has 0 N–H and O–H groups in total. The van der Waals surface area contributed by atoms with Crippen LogP contribution in [0.25, 0.3) is 0 Å². The Morgan fingerprint density at radius 1 is 1.30 bits per heavy atom. The third-order valence-corrected chi connectivity index (χ3v) is 1.17. The molecule has 0 aromatic rings. The second-order valence-corrected chi connectivity index (χ2v) is 1.90. The summed E-state index contributed by atoms with van der Waals surface area (Å²) in [5.74, 6) is 0. The number of ether oxygens (including phenoxy) is 3. The van der Waals surface area contributed by atoms with Gasteiger partial charge in [-0.25, -0.2) is 0 Å². The predicted molar refractivity (Wildman–Crippen MR) is 38.9 cm³/mol. The molecule has 0 aromatic heterocycles. The summed E-state index contributed by atoms with van der Waals surface area (Å²) in [7, 11) is 3.30. The van der Waals surface area contributed by atoms with Crippen molar-refractivity contribution in [2.24, 2.45) is 0 Å². The van der Waals surface area contributed by atoms with Gasteiger partial charge in [-0.2, -0.15) is 0 Å². The highest BCUT2D eigenvalue weighted by Crippen LogP contribution is 1.98. The summed E-state index contributed by atoms with van der Waals surface area (Å²) in [6, 6.07) is 0. The van der Waals surface area contributed by atoms with E-state index in [1.165, 1.54) is 0 Å². The molecule has 62 valence electrons. The molecule has 0 bridgehead atoms. The van der Waals surface area contributed by atoms with Gasteiger partial charge >= 0.3 is 0 Å². The SMILES string of the molecule is CCOC(CCOC)OC. The van der Waals surface area contributed by atoms with Crippen molar-refractivity contribution in [3.63, 3.8) is 0 Å². The molecule has 0 amide bonds. The van der Waals surface area contributed by atoms with Crippen molar-refractivity contribution in [2.75, 3.05) is 27.4 Å². The predicted octanol–water partition coefficient (Wildman–Crippen LogP) is 1.03. The Morgan fingerprint density at radius 3 is 2.40 bits per heavy atom. The normalized spacial score (nSPS) is 13.5. The molecule has 0 aromatic carbocycles. The van der Waals surface area contributed by atoms with Crippen LogP contribution in [-0.2, 0) is 14.2 Å². The molecule has 1 unspecified atom stereocenters. The zero-order chi connectivity index (χ0) is 7.82. The Morgan fingerprint density at radius 2 is 2.00 bits per heavy atom. The van der Waals surface area contributed by atoms with Gasteiger partial charge in [-0.3, -0.25) is 0 Å². The van der Waals surface area contributed by atoms with E-state index in [0.29, 0.717) is 13.2 Å². The van der Waals surface area contributed by atoms with Crippen molar-refractivity contribution in [3.05, 3.63) is 0 Å². The monoisotopic (exact) mass is 148 g/mol. The smallest absolute Gasteiger partial charge is 0.159 e. The largest absolute Gasteiger partial charge is 0.384 e. The Hall–Kier alpha value is -0.120. The van der Waals surface area contributed by atoms with Crippen LogP contribution >= 0.6 is 0 Å². The summed E-state index contributed by atoms with van der Waals surface area (Å²) >= 11 is 0. The van der Waals surface area contributed by atoms with Gasteiger partial charge in [0.25, 0.3) is 0 Å². The van der Waals surface area contributed by atoms with Crippen molar-refractivity contribution in [1.29, 1.82) is 0 Å². The molecule has 10 heavy (non-hydrogen) atoms. The van der Waals surface area contributed by atoms with E-state index in [1.807, 2.05) is 6.92 Å². The average molecular weight is 148 g/mol. The summed E-state index contributed by atoms with van der Waals surface area (Å²) in [6.45, 7) is 3.31. The fourth-order valence-electron chi connectivity index (χ4n) is 0.669. The molecule has 1 atom stereocenters. The maximum absolute atomic E-state index is 5.19. The lowest BCUT2D eigenvalue weighted by molar-refractivity contribution is -0.130. The number of hydrogen-bond acceptors (Lipinski definition) is 3. The van der Waals surface area contributed by atoms with Crippen molar-refractivity contribution in [2.45, 2.75) is 19.6 Å². The Balaban J connectivity index is 3.21. The topological polar surface area (TPSA) is 27.7 Å². The summed E-state index contributed by atoms with van der Waals surface area (Å²) in [5, 5.41) is 0. The number of methoxy groups -OCH3 is 2. The average Bonchev–Trinajstić information content (AvgIpc) is 1.98. The maximum Gasteiger partial charge on any atom is 0.159 e. The van der Waals surface area contributed by atoms with Gasteiger partial charge in [-0.05, 0) is 6.92 Å². The van der Waals surface area contributed by atoms with Crippen LogP contribution < -0.4 is 0 Å². The van der Waals surface area contributed by atoms with Crippen molar-refractivity contribution >= 4 is 0 Å². The Kier molecular flexibility index (Phi) is 6.91. The molecule has 0 rings (SSSR count). The third kappa shape index (κ3) is 4.73. The van der Waals surface area contributed by atoms with Crippen LogP contribution in [-0.4, -0.2) is 33.7 Å². The quantitative estimate of drug-likeness (QED) is 0.526. The van der Waals surface area contributed by atoms with Crippen LogP contribution in [0.5, 0.6) is 0 Å². The number of rotatable bonds is 6. The molecule has 3 nitrogen and oxygen atoms in total. The summed E-state index contributed by atoms with van der Waals surface area (Å²) in [4.78, 5) is 0. The van der Waals surface area contributed by atoms with E-state index < -0.39 is 0 Å². The van der Waals surface area contributed by atoms with Gasteiger partial charge in [0.2, 0.25) is 0 Å². The van der Waals surface area contributed by atoms with E-state index in [1.54, 1.807) is 14.2 Å². The molecule has 0 aliphatic carbocycles. The van der Waals surface area contributed by atoms with Crippen LogP contribution in [0.15, 0.2) is 0 Å². The van der Waals surface area contributed by atoms with Gasteiger partial charge in [-0.1, -0.05) is 0 Å². The van der Waals surface area contributed by atoms with E-state index >= 15 is 0 Å². The van der Waals surface area contributed by atoms with Crippen molar-refractivity contribution in [1.82, 2.24) is 0 Å². The molecule has 0 radical (unpaired) electrons. The molecule has 0 aliphatic heterocycles. The van der Waals surface area contributed by atoms with Crippen molar-refractivity contribution in [3.8, 4) is 0 Å². The maximum atomic E-state index is 5.19. The van der Waals surface area contributed by atoms with Crippen LogP contribution in [0.3, 0.4) is 0 Å². The molecule has 3 heteroatoms. The summed E-state index contributed by atoms with van der Waals surface area (Å²) in [6.07, 6.45) is 0.686. The third-order valence-electron chi connectivity index (χ3n) is 1.17. The Labute approximate surface area is 62.3 Å². The summed E-state index contributed by atoms with van der Waals surface area (Å²) in [5.41, 5.74) is 0. The first kappa shape index (κ1) is 9.88. The highest BCUT2D eigenvalue weighted by atomic mass is 16.7. The molecule has 0 saturated carbocycles. The summed E-state index contributed by atoms with van der Waals surface area (Å²) < 4.78 is 15.0. The fraction of sp³-hybridized carbons (Fsp3) is 1.00. The lowest BCUT2D eigenvalue weighted by Gasteiger charge is -2.13. The lowest BCUT2D eigenvalue weighted by atomic mass is 10.4. The first-order chi connectivity index (χ1) is 4.85. The van der Waals surface area contributed by atoms with E-state index in [4.69, 9.17) is 14.2 Å². The second kappa shape index (κ2) is 6.99. The lowest BCUT2D eigenvalue weighted by Crippen LogP contribution is -2.17. The fourth-order valence-corrected chi connectivity index (χ4v) is 0.669. The van der Waals surface area contributed by atoms with Crippen LogP contribution in [0.1, 0.15) is 13.3 Å². The van der Waals surface area contributed by atoms with Crippen LogP contribution in [0.2, 0.25) is 0 Å². The molecular weight excluding hydrogens is 132 g/mol. The van der Waals surface area contributed by atoms with E-state index in [2.05, 4.69) is 0 Å². The highest BCUT2D eigenvalue weighted by Gasteiger charge is 2.03. The van der Waals surface area contributed by atoms with Crippen molar-refractivity contribution < 1.29 is 14.2 Å². The first-order valence-corrected chi connectivity index (χ1v) is 3.48. The van der Waals surface area contributed by atoms with E-state index in [9.17, 15) is 0 Å². The first-order valence-electron chi connectivity index (χ1n) is 3.48. The Bertz CT molecular complexity index is 65.9. The zero-order valence-corrected chi connectivity index (χ0v) is 6.92. The molecular formula is C7H16O3. The molecule has 0 heterocycles. The van der Waals surface area contributed by atoms with Gasteiger partial charge < -0.3 is 14.2 Å². The minimum atomic E-state index is -0.107. The molecule has 0 spiro atoms. The zero-order valence-electron chi connectivity index (χ0n) is 6.92. The van der Waals surface area contributed by atoms with Gasteiger partial charge in [0.1, 0.15) is 0 Å². The standard InChI is InChI=1S/C7H16O3/c1-4-10-7(9-3)5-6-8-2/h7H,4-6H2,1-3H3. The van der Waals surface area contributed by atoms with Gasteiger partial charge in [0.05, 0.1) is 6.61 Å². The van der Waals surface area contributed by atoms with E-state index in [-0.39, 0.29) is 6.29 Å². The van der Waals surface area contributed by atoms with Gasteiger partial charge in [0.15, 0.2) is 6.29 Å². The van der Waals surface area contributed by atoms with Gasteiger partial charge in [-0.15, -0.1) is 0 Å². The van der Waals surface area contributed by atoms with Gasteiger partial charge in [0, 0.05) is 27.2 Å². The molecule has 0 aliphatic rings.